The van der Waals surface area contributed by atoms with Crippen LogP contribution in [0.3, 0.4) is 0 Å². The number of hydrogen-bond donors (Lipinski definition) is 3. The van der Waals surface area contributed by atoms with Crippen LogP contribution in [0.5, 0.6) is 0 Å². The molecule has 1 amide bonds. The Hall–Kier alpha value is -3.50. The molecular formula is C21H27N7O4. The fourth-order valence-electron chi connectivity index (χ4n) is 4.04. The number of amides is 1. The van der Waals surface area contributed by atoms with Crippen LogP contribution >= 0.6 is 0 Å². The average Bonchev–Trinajstić information content (AvgIpc) is 3.42. The van der Waals surface area contributed by atoms with Crippen molar-refractivity contribution in [3.05, 3.63) is 30.3 Å². The molecule has 0 spiro atoms. The van der Waals surface area contributed by atoms with Crippen molar-refractivity contribution in [2.75, 3.05) is 5.32 Å². The number of rotatable bonds is 6. The maximum absolute atomic E-state index is 12.5. The van der Waals surface area contributed by atoms with Gasteiger partial charge in [0.1, 0.15) is 17.8 Å². The lowest BCUT2D eigenvalue weighted by Gasteiger charge is -2.28. The molecule has 5 rings (SSSR count). The van der Waals surface area contributed by atoms with Gasteiger partial charge in [-0.2, -0.15) is 4.98 Å². The number of carbonyl (C=O) groups is 2. The molecule has 0 aliphatic heterocycles. The van der Waals surface area contributed by atoms with Gasteiger partial charge in [-0.15, -0.1) is 0 Å². The topological polar surface area (TPSA) is 148 Å². The molecule has 3 aromatic rings. The van der Waals surface area contributed by atoms with Crippen LogP contribution in [0.4, 0.5) is 5.82 Å². The van der Waals surface area contributed by atoms with E-state index in [1.165, 1.54) is 0 Å². The maximum Gasteiger partial charge on any atom is 0.290 e. The third kappa shape index (κ3) is 5.04. The van der Waals surface area contributed by atoms with E-state index in [-0.39, 0.29) is 18.3 Å². The van der Waals surface area contributed by atoms with Crippen molar-refractivity contribution >= 4 is 29.2 Å². The highest BCUT2D eigenvalue weighted by Gasteiger charge is 2.29. The zero-order valence-corrected chi connectivity index (χ0v) is 17.9. The van der Waals surface area contributed by atoms with Gasteiger partial charge in [-0.25, -0.2) is 9.97 Å². The van der Waals surface area contributed by atoms with Crippen LogP contribution in [0.2, 0.25) is 0 Å². The molecule has 3 aromatic heterocycles. The molecule has 0 atom stereocenters. The van der Waals surface area contributed by atoms with Crippen LogP contribution in [0.25, 0.3) is 11.0 Å². The van der Waals surface area contributed by atoms with Gasteiger partial charge < -0.3 is 24.8 Å². The summed E-state index contributed by atoms with van der Waals surface area (Å²) < 4.78 is 7.21. The minimum atomic E-state index is -0.250. The number of nitrogens with one attached hydrogen (secondary N) is 2. The summed E-state index contributed by atoms with van der Waals surface area (Å²) in [5.74, 6) is 2.69. The summed E-state index contributed by atoms with van der Waals surface area (Å²) >= 11 is 0. The highest BCUT2D eigenvalue weighted by molar-refractivity contribution is 5.87. The zero-order valence-electron chi connectivity index (χ0n) is 17.9. The number of hydrogen-bond acceptors (Lipinski definition) is 8. The molecule has 170 valence electrons. The largest absolute Gasteiger partial charge is 0.483 e. The molecular weight excluding hydrogens is 414 g/mol. The van der Waals surface area contributed by atoms with E-state index in [9.17, 15) is 4.79 Å². The molecule has 0 saturated heterocycles. The van der Waals surface area contributed by atoms with Crippen molar-refractivity contribution in [1.29, 1.82) is 0 Å². The second-order valence-electron chi connectivity index (χ2n) is 8.22. The lowest BCUT2D eigenvalue weighted by Crippen LogP contribution is -2.35. The van der Waals surface area contributed by atoms with Gasteiger partial charge in [0.15, 0.2) is 5.82 Å². The van der Waals surface area contributed by atoms with Gasteiger partial charge in [-0.1, -0.05) is 5.16 Å². The predicted molar refractivity (Wildman–Crippen MR) is 115 cm³/mol. The fourth-order valence-corrected chi connectivity index (χ4v) is 4.04. The standard InChI is InChI=1S/C20H25N7O2.CH2O2/c1-27-9-8-15-18(22-11-23-19(15)27)24-14-6-4-13(5-7-14)20(28)21-10-16-25-17(26-29-16)12-2-3-12;2-1-3/h8-9,11-14H,2-7,10H2,1H3,(H,21,28)(H,22,23,24);1H,(H,2,3). The molecule has 0 aromatic carbocycles. The summed E-state index contributed by atoms with van der Waals surface area (Å²) in [6.07, 6.45) is 9.42. The van der Waals surface area contributed by atoms with Gasteiger partial charge in [-0.05, 0) is 44.6 Å². The Bertz CT molecular complexity index is 1070. The van der Waals surface area contributed by atoms with Gasteiger partial charge in [0.05, 0.1) is 11.9 Å². The number of aryl methyl sites for hydroxylation is 1. The predicted octanol–water partition coefficient (Wildman–Crippen LogP) is 2.22. The number of carbonyl (C=O) groups excluding carboxylic acids is 1. The molecule has 3 heterocycles. The Kier molecular flexibility index (Phi) is 6.62. The van der Waals surface area contributed by atoms with E-state index in [1.54, 1.807) is 6.33 Å². The number of aromatic nitrogens is 5. The Morgan fingerprint density at radius 1 is 1.25 bits per heavy atom. The molecule has 11 heteroatoms. The van der Waals surface area contributed by atoms with Crippen LogP contribution in [0.15, 0.2) is 23.1 Å². The highest BCUT2D eigenvalue weighted by Crippen LogP contribution is 2.38. The minimum Gasteiger partial charge on any atom is -0.483 e. The van der Waals surface area contributed by atoms with Crippen molar-refractivity contribution < 1.29 is 19.2 Å². The lowest BCUT2D eigenvalue weighted by atomic mass is 9.85. The van der Waals surface area contributed by atoms with Crippen molar-refractivity contribution in [2.24, 2.45) is 13.0 Å². The van der Waals surface area contributed by atoms with Crippen LogP contribution in [-0.2, 0) is 23.2 Å². The summed E-state index contributed by atoms with van der Waals surface area (Å²) in [7, 11) is 1.98. The molecule has 2 saturated carbocycles. The van der Waals surface area contributed by atoms with E-state index < -0.39 is 0 Å². The van der Waals surface area contributed by atoms with E-state index in [1.807, 2.05) is 23.9 Å². The number of fused-ring (bicyclic) bond motifs is 1. The SMILES string of the molecule is Cn1ccc2c(NC3CCC(C(=O)NCc4nc(C5CC5)no4)CC3)ncnc21.O=CO. The molecule has 0 unspecified atom stereocenters. The first-order valence-electron chi connectivity index (χ1n) is 10.8. The fraction of sp³-hybridized carbons (Fsp3) is 0.524. The van der Waals surface area contributed by atoms with Gasteiger partial charge in [0.25, 0.3) is 6.47 Å². The first kappa shape index (κ1) is 21.7. The summed E-state index contributed by atoms with van der Waals surface area (Å²) in [5.41, 5.74) is 0.918. The summed E-state index contributed by atoms with van der Waals surface area (Å²) in [6, 6.07) is 2.34. The lowest BCUT2D eigenvalue weighted by molar-refractivity contribution is -0.126. The second kappa shape index (κ2) is 9.75. The average molecular weight is 441 g/mol. The number of anilines is 1. The zero-order chi connectivity index (χ0) is 22.5. The van der Waals surface area contributed by atoms with E-state index in [0.29, 0.717) is 24.4 Å². The highest BCUT2D eigenvalue weighted by atomic mass is 16.5. The van der Waals surface area contributed by atoms with Crippen LogP contribution in [-0.4, -0.2) is 48.2 Å². The first-order chi connectivity index (χ1) is 15.6. The van der Waals surface area contributed by atoms with Crippen LogP contribution in [0.1, 0.15) is 56.2 Å². The second-order valence-corrected chi connectivity index (χ2v) is 8.22. The first-order valence-corrected chi connectivity index (χ1v) is 10.8. The third-order valence-electron chi connectivity index (χ3n) is 5.94. The summed E-state index contributed by atoms with van der Waals surface area (Å²) in [5, 5.41) is 18.4. The molecule has 2 aliphatic rings. The number of carboxylic acid groups (broad SMARTS) is 1. The van der Waals surface area contributed by atoms with Gasteiger partial charge in [-0.3, -0.25) is 9.59 Å². The van der Waals surface area contributed by atoms with Crippen LogP contribution in [0, 0.1) is 5.92 Å². The van der Waals surface area contributed by atoms with Crippen LogP contribution < -0.4 is 10.6 Å². The van der Waals surface area contributed by atoms with Gasteiger partial charge in [0.2, 0.25) is 11.8 Å². The van der Waals surface area contributed by atoms with Gasteiger partial charge in [0, 0.05) is 31.1 Å². The van der Waals surface area contributed by atoms with Crippen molar-refractivity contribution in [3.63, 3.8) is 0 Å². The van der Waals surface area contributed by atoms with E-state index >= 15 is 0 Å². The normalized spacial score (nSPS) is 20.3. The summed E-state index contributed by atoms with van der Waals surface area (Å²) in [6.45, 7) is 0.0592. The van der Waals surface area contributed by atoms with Gasteiger partial charge >= 0.3 is 0 Å². The Labute approximate surface area is 184 Å². The molecule has 0 bridgehead atoms. The molecule has 0 radical (unpaired) electrons. The van der Waals surface area contributed by atoms with E-state index in [4.69, 9.17) is 14.4 Å². The Morgan fingerprint density at radius 2 is 2.00 bits per heavy atom. The smallest absolute Gasteiger partial charge is 0.290 e. The minimum absolute atomic E-state index is 0.0287. The monoisotopic (exact) mass is 441 g/mol. The van der Waals surface area contributed by atoms with Crippen molar-refractivity contribution in [1.82, 2.24) is 30.0 Å². The third-order valence-corrected chi connectivity index (χ3v) is 5.94. The molecule has 3 N–H and O–H groups in total. The van der Waals surface area contributed by atoms with E-state index in [0.717, 1.165) is 61.2 Å². The van der Waals surface area contributed by atoms with Crippen molar-refractivity contribution in [2.45, 2.75) is 57.0 Å². The summed E-state index contributed by atoms with van der Waals surface area (Å²) in [4.78, 5) is 34.0. The Balaban J connectivity index is 0.000000775. The quantitative estimate of drug-likeness (QED) is 0.490. The van der Waals surface area contributed by atoms with E-state index in [2.05, 4.69) is 30.7 Å². The molecule has 2 aliphatic carbocycles. The maximum atomic E-state index is 12.5. The number of nitrogens with zero attached hydrogens (tertiary/aromatic N) is 5. The Morgan fingerprint density at radius 3 is 2.72 bits per heavy atom. The molecule has 32 heavy (non-hydrogen) atoms. The molecule has 2 fully saturated rings. The molecule has 11 nitrogen and oxygen atoms in total. The van der Waals surface area contributed by atoms with Crippen molar-refractivity contribution in [3.8, 4) is 0 Å².